The predicted octanol–water partition coefficient (Wildman–Crippen LogP) is 3.80. The molecule has 0 bridgehead atoms. The Bertz CT molecular complexity index is 1080. The molecule has 0 fully saturated rings. The van der Waals surface area contributed by atoms with Gasteiger partial charge in [0.05, 0.1) is 6.21 Å². The van der Waals surface area contributed by atoms with Crippen molar-refractivity contribution in [1.82, 2.24) is 9.99 Å². The number of nitrogens with zero attached hydrogens (tertiary/aromatic N) is 2. The summed E-state index contributed by atoms with van der Waals surface area (Å²) in [5.41, 5.74) is 9.23. The number of carbonyl (C=O) groups excluding carboxylic acids is 2. The highest BCUT2D eigenvalue weighted by Gasteiger charge is 2.14. The van der Waals surface area contributed by atoms with Crippen LogP contribution >= 0.6 is 0 Å². The molecule has 6 nitrogen and oxygen atoms in total. The maximum absolute atomic E-state index is 12.0. The fourth-order valence-electron chi connectivity index (χ4n) is 3.17. The van der Waals surface area contributed by atoms with Crippen molar-refractivity contribution < 1.29 is 9.59 Å². The first kappa shape index (κ1) is 20.1. The van der Waals surface area contributed by atoms with Gasteiger partial charge in [-0.15, -0.1) is 0 Å². The highest BCUT2D eigenvalue weighted by molar-refractivity contribution is 6.39. The minimum Gasteiger partial charge on any atom is -0.318 e. The molecule has 1 aromatic heterocycles. The lowest BCUT2D eigenvalue weighted by Gasteiger charge is -2.13. The number of aryl methyl sites for hydroxylation is 3. The van der Waals surface area contributed by atoms with E-state index in [9.17, 15) is 9.59 Å². The van der Waals surface area contributed by atoms with Crippen molar-refractivity contribution in [2.24, 2.45) is 5.10 Å². The van der Waals surface area contributed by atoms with Crippen LogP contribution in [0.4, 0.5) is 5.69 Å². The third kappa shape index (κ3) is 4.60. The average Bonchev–Trinajstić information content (AvgIpc) is 2.98. The van der Waals surface area contributed by atoms with Crippen molar-refractivity contribution in [3.63, 3.8) is 0 Å². The Kier molecular flexibility index (Phi) is 5.93. The van der Waals surface area contributed by atoms with E-state index in [2.05, 4.69) is 52.5 Å². The molecular formula is C23H24N4O2. The van der Waals surface area contributed by atoms with E-state index in [-0.39, 0.29) is 0 Å². The van der Waals surface area contributed by atoms with Gasteiger partial charge in [-0.1, -0.05) is 30.3 Å². The summed E-state index contributed by atoms with van der Waals surface area (Å²) in [4.78, 5) is 23.9. The van der Waals surface area contributed by atoms with Crippen LogP contribution < -0.4 is 10.7 Å². The second-order valence-electron chi connectivity index (χ2n) is 6.97. The Hall–Kier alpha value is -3.67. The van der Waals surface area contributed by atoms with Gasteiger partial charge in [0.15, 0.2) is 0 Å². The molecular weight excluding hydrogens is 364 g/mol. The summed E-state index contributed by atoms with van der Waals surface area (Å²) in [6, 6.07) is 17.1. The van der Waals surface area contributed by atoms with E-state index in [4.69, 9.17) is 0 Å². The minimum absolute atomic E-state index is 0.550. The predicted molar refractivity (Wildman–Crippen MR) is 116 cm³/mol. The lowest BCUT2D eigenvalue weighted by atomic mass is 10.1. The Morgan fingerprint density at radius 2 is 1.66 bits per heavy atom. The smallest absolute Gasteiger partial charge is 0.318 e. The molecule has 0 aliphatic carbocycles. The fourth-order valence-corrected chi connectivity index (χ4v) is 3.17. The van der Waals surface area contributed by atoms with Gasteiger partial charge in [-0.2, -0.15) is 5.10 Å². The number of anilines is 1. The van der Waals surface area contributed by atoms with Crippen LogP contribution in [-0.2, 0) is 9.59 Å². The van der Waals surface area contributed by atoms with E-state index in [1.54, 1.807) is 30.5 Å². The first-order valence-corrected chi connectivity index (χ1v) is 9.33. The average molecular weight is 388 g/mol. The van der Waals surface area contributed by atoms with E-state index < -0.39 is 11.8 Å². The highest BCUT2D eigenvalue weighted by atomic mass is 16.2. The number of nitrogens with one attached hydrogen (secondary N) is 2. The first-order valence-electron chi connectivity index (χ1n) is 9.33. The minimum atomic E-state index is -0.826. The molecule has 2 N–H and O–H groups in total. The second-order valence-corrected chi connectivity index (χ2v) is 6.97. The molecule has 1 heterocycles. The van der Waals surface area contributed by atoms with Crippen LogP contribution in [0, 0.1) is 27.7 Å². The van der Waals surface area contributed by atoms with Gasteiger partial charge in [0, 0.05) is 28.3 Å². The van der Waals surface area contributed by atoms with E-state index in [1.807, 2.05) is 26.0 Å². The van der Waals surface area contributed by atoms with Crippen LogP contribution in [0.1, 0.15) is 28.1 Å². The zero-order valence-electron chi connectivity index (χ0n) is 17.0. The van der Waals surface area contributed by atoms with Gasteiger partial charge in [0.2, 0.25) is 0 Å². The van der Waals surface area contributed by atoms with Crippen LogP contribution in [0.2, 0.25) is 0 Å². The van der Waals surface area contributed by atoms with E-state index in [1.165, 1.54) is 11.1 Å². The highest BCUT2D eigenvalue weighted by Crippen LogP contribution is 2.23. The summed E-state index contributed by atoms with van der Waals surface area (Å²) in [7, 11) is 0. The number of rotatable bonds is 4. The van der Waals surface area contributed by atoms with Crippen molar-refractivity contribution in [2.45, 2.75) is 27.7 Å². The number of hydrazone groups is 1. The van der Waals surface area contributed by atoms with Crippen molar-refractivity contribution in [2.75, 3.05) is 5.32 Å². The zero-order chi connectivity index (χ0) is 21.0. The van der Waals surface area contributed by atoms with Gasteiger partial charge in [0.1, 0.15) is 0 Å². The largest absolute Gasteiger partial charge is 0.329 e. The molecule has 0 radical (unpaired) electrons. The lowest BCUT2D eigenvalue weighted by molar-refractivity contribution is -0.136. The molecule has 2 amide bonds. The third-order valence-electron chi connectivity index (χ3n) is 4.68. The number of hydrogen-bond donors (Lipinski definition) is 2. The number of aromatic nitrogens is 1. The topological polar surface area (TPSA) is 75.5 Å². The normalized spacial score (nSPS) is 10.9. The maximum atomic E-state index is 12.0. The Labute approximate surface area is 170 Å². The van der Waals surface area contributed by atoms with Crippen LogP contribution in [-0.4, -0.2) is 22.6 Å². The molecule has 0 aliphatic rings. The van der Waals surface area contributed by atoms with Crippen LogP contribution in [0.15, 0.2) is 59.7 Å². The molecule has 2 aromatic carbocycles. The monoisotopic (exact) mass is 388 g/mol. The van der Waals surface area contributed by atoms with E-state index >= 15 is 0 Å². The molecule has 3 rings (SSSR count). The number of hydrogen-bond acceptors (Lipinski definition) is 3. The SMILES string of the molecule is Cc1ccc(C)c(-n2c(C)cc(/C=N\NC(=O)C(=O)Nc3ccccc3)c2C)c1. The molecule has 0 unspecified atom stereocenters. The fraction of sp³-hybridized carbons (Fsp3) is 0.174. The lowest BCUT2D eigenvalue weighted by Crippen LogP contribution is -2.32. The number of para-hydroxylation sites is 1. The summed E-state index contributed by atoms with van der Waals surface area (Å²) in [5, 5.41) is 6.47. The van der Waals surface area contributed by atoms with Crippen LogP contribution in [0.25, 0.3) is 5.69 Å². The summed E-state index contributed by atoms with van der Waals surface area (Å²) < 4.78 is 2.16. The van der Waals surface area contributed by atoms with Gasteiger partial charge in [-0.25, -0.2) is 5.43 Å². The second kappa shape index (κ2) is 8.56. The summed E-state index contributed by atoms with van der Waals surface area (Å²) >= 11 is 0. The molecule has 0 saturated carbocycles. The summed E-state index contributed by atoms with van der Waals surface area (Å²) in [6.45, 7) is 8.17. The molecule has 0 atom stereocenters. The molecule has 148 valence electrons. The molecule has 0 aliphatic heterocycles. The molecule has 0 spiro atoms. The van der Waals surface area contributed by atoms with Gasteiger partial charge in [-0.3, -0.25) is 9.59 Å². The first-order chi connectivity index (χ1) is 13.9. The van der Waals surface area contributed by atoms with Gasteiger partial charge < -0.3 is 9.88 Å². The van der Waals surface area contributed by atoms with Crippen LogP contribution in [0.5, 0.6) is 0 Å². The summed E-state index contributed by atoms with van der Waals surface area (Å²) in [6.07, 6.45) is 1.55. The maximum Gasteiger partial charge on any atom is 0.329 e. The zero-order valence-corrected chi connectivity index (χ0v) is 17.0. The number of carbonyl (C=O) groups is 2. The van der Waals surface area contributed by atoms with Crippen molar-refractivity contribution in [3.05, 3.63) is 82.7 Å². The van der Waals surface area contributed by atoms with Crippen molar-refractivity contribution in [1.29, 1.82) is 0 Å². The standard InChI is InChI=1S/C23H24N4O2/c1-15-10-11-16(2)21(12-15)27-17(3)13-19(18(27)4)14-24-26-23(29)22(28)25-20-8-6-5-7-9-20/h5-14H,1-4H3,(H,25,28)(H,26,29)/b24-14-. The van der Waals surface area contributed by atoms with E-state index in [0.29, 0.717) is 5.69 Å². The Balaban J connectivity index is 1.72. The molecule has 6 heteroatoms. The Morgan fingerprint density at radius 1 is 0.931 bits per heavy atom. The van der Waals surface area contributed by atoms with Crippen molar-refractivity contribution in [3.8, 4) is 5.69 Å². The summed E-state index contributed by atoms with van der Waals surface area (Å²) in [5.74, 6) is -1.59. The molecule has 0 saturated heterocycles. The number of amides is 2. The third-order valence-corrected chi connectivity index (χ3v) is 4.68. The van der Waals surface area contributed by atoms with Gasteiger partial charge >= 0.3 is 11.8 Å². The molecule has 3 aromatic rings. The van der Waals surface area contributed by atoms with Crippen molar-refractivity contribution >= 4 is 23.7 Å². The van der Waals surface area contributed by atoms with Crippen LogP contribution in [0.3, 0.4) is 0 Å². The molecule has 29 heavy (non-hydrogen) atoms. The Morgan fingerprint density at radius 3 is 2.38 bits per heavy atom. The quantitative estimate of drug-likeness (QED) is 0.405. The van der Waals surface area contributed by atoms with Gasteiger partial charge in [-0.05, 0) is 63.1 Å². The van der Waals surface area contributed by atoms with E-state index in [0.717, 1.165) is 22.6 Å². The number of benzene rings is 2. The van der Waals surface area contributed by atoms with Gasteiger partial charge in [0.25, 0.3) is 0 Å².